The molecule has 0 spiro atoms. The highest BCUT2D eigenvalue weighted by molar-refractivity contribution is 6.35. The van der Waals surface area contributed by atoms with Crippen LogP contribution in [0.5, 0.6) is 11.5 Å². The van der Waals surface area contributed by atoms with Gasteiger partial charge in [0.15, 0.2) is 29.1 Å². The molecule has 0 radical (unpaired) electrons. The number of methoxy groups -OCH3 is 1. The van der Waals surface area contributed by atoms with Gasteiger partial charge in [-0.1, -0.05) is 44.0 Å². The minimum absolute atomic E-state index is 0.00293. The average Bonchev–Trinajstić information content (AvgIpc) is 3.60. The molecule has 3 N–H and O–H groups in total. The standard InChI is InChI=1S/C28H32Cl2N4O6/c1-28(2,3)10-22(39-27(31)36)24-23(25(35)33-11-17-18(29)12-32-13-19(17)30)34-26(40-24)16-7-8-20(37-4)21(9-16)38-14-15-5-6-15/h7-9,12-13,15,22H,5-6,10-11,14H2,1-4H3,(H2,31,36)(H,33,35). The van der Waals surface area contributed by atoms with Crippen LogP contribution in [0.15, 0.2) is 35.0 Å². The van der Waals surface area contributed by atoms with E-state index in [1.165, 1.54) is 12.4 Å². The molecule has 1 aliphatic rings. The number of hydrogen-bond acceptors (Lipinski definition) is 8. The molecule has 40 heavy (non-hydrogen) atoms. The van der Waals surface area contributed by atoms with Gasteiger partial charge in [-0.2, -0.15) is 0 Å². The number of rotatable bonds is 11. The van der Waals surface area contributed by atoms with E-state index in [0.29, 0.717) is 51.6 Å². The Morgan fingerprint density at radius 1 is 1.18 bits per heavy atom. The van der Waals surface area contributed by atoms with Crippen molar-refractivity contribution in [2.45, 2.75) is 52.7 Å². The molecule has 0 aliphatic heterocycles. The number of nitrogens with one attached hydrogen (secondary N) is 1. The number of pyridine rings is 1. The predicted octanol–water partition coefficient (Wildman–Crippen LogP) is 6.34. The number of carbonyl (C=O) groups excluding carboxylic acids is 2. The van der Waals surface area contributed by atoms with E-state index in [2.05, 4.69) is 15.3 Å². The molecule has 1 saturated carbocycles. The molecule has 4 rings (SSSR count). The quantitative estimate of drug-likeness (QED) is 0.263. The molecular weight excluding hydrogens is 559 g/mol. The van der Waals surface area contributed by atoms with Crippen molar-refractivity contribution in [2.75, 3.05) is 13.7 Å². The van der Waals surface area contributed by atoms with Crippen molar-refractivity contribution >= 4 is 35.2 Å². The Morgan fingerprint density at radius 3 is 2.48 bits per heavy atom. The number of amides is 2. The van der Waals surface area contributed by atoms with Gasteiger partial charge >= 0.3 is 6.09 Å². The van der Waals surface area contributed by atoms with Crippen LogP contribution in [0.1, 0.15) is 67.9 Å². The number of aromatic nitrogens is 2. The lowest BCUT2D eigenvalue weighted by Crippen LogP contribution is -2.27. The number of primary amides is 1. The van der Waals surface area contributed by atoms with Crippen molar-refractivity contribution in [2.24, 2.45) is 17.1 Å². The number of nitrogens with two attached hydrogens (primary N) is 1. The van der Waals surface area contributed by atoms with Gasteiger partial charge in [-0.3, -0.25) is 9.78 Å². The molecule has 0 saturated heterocycles. The zero-order chi connectivity index (χ0) is 29.0. The van der Waals surface area contributed by atoms with Crippen LogP contribution in [0, 0.1) is 11.3 Å². The smallest absolute Gasteiger partial charge is 0.405 e. The highest BCUT2D eigenvalue weighted by Crippen LogP contribution is 2.39. The normalized spacial score (nSPS) is 13.9. The SMILES string of the molecule is COc1ccc(-c2nc(C(=O)NCc3c(Cl)cncc3Cl)c(C(CC(C)(C)C)OC(N)=O)o2)cc1OCC1CC1. The molecule has 12 heteroatoms. The summed E-state index contributed by atoms with van der Waals surface area (Å²) in [5, 5.41) is 3.37. The first-order valence-corrected chi connectivity index (χ1v) is 13.5. The Balaban J connectivity index is 1.72. The second kappa shape index (κ2) is 12.3. The zero-order valence-electron chi connectivity index (χ0n) is 22.8. The van der Waals surface area contributed by atoms with E-state index in [1.807, 2.05) is 20.8 Å². The van der Waals surface area contributed by atoms with Gasteiger partial charge in [0.2, 0.25) is 5.89 Å². The van der Waals surface area contributed by atoms with Gasteiger partial charge in [0.05, 0.1) is 23.8 Å². The van der Waals surface area contributed by atoms with E-state index in [1.54, 1.807) is 25.3 Å². The second-order valence-corrected chi connectivity index (χ2v) is 11.6. The fraction of sp³-hybridized carbons (Fsp3) is 0.429. The van der Waals surface area contributed by atoms with Gasteiger partial charge in [0.25, 0.3) is 5.91 Å². The maximum atomic E-state index is 13.5. The summed E-state index contributed by atoms with van der Waals surface area (Å²) in [6.07, 6.45) is 3.46. The Labute approximate surface area is 242 Å². The summed E-state index contributed by atoms with van der Waals surface area (Å²) in [6, 6.07) is 5.22. The first-order chi connectivity index (χ1) is 18.9. The van der Waals surface area contributed by atoms with E-state index in [4.69, 9.17) is 47.6 Å². The third-order valence-corrected chi connectivity index (χ3v) is 6.83. The summed E-state index contributed by atoms with van der Waals surface area (Å²) < 4.78 is 23.0. The Morgan fingerprint density at radius 2 is 1.88 bits per heavy atom. The summed E-state index contributed by atoms with van der Waals surface area (Å²) in [5.41, 5.74) is 6.04. The number of nitrogens with zero attached hydrogens (tertiary/aromatic N) is 2. The van der Waals surface area contributed by atoms with Gasteiger partial charge < -0.3 is 29.7 Å². The molecule has 2 aromatic heterocycles. The molecule has 2 heterocycles. The third kappa shape index (κ3) is 7.57. The number of carbonyl (C=O) groups is 2. The fourth-order valence-electron chi connectivity index (χ4n) is 3.99. The number of benzene rings is 1. The number of hydrogen-bond donors (Lipinski definition) is 2. The molecule has 1 fully saturated rings. The van der Waals surface area contributed by atoms with Crippen molar-refractivity contribution in [3.8, 4) is 23.0 Å². The van der Waals surface area contributed by atoms with Crippen LogP contribution in [0.4, 0.5) is 4.79 Å². The van der Waals surface area contributed by atoms with Gasteiger partial charge in [0, 0.05) is 30.1 Å². The number of halogens is 2. The molecule has 3 aromatic rings. The van der Waals surface area contributed by atoms with Crippen LogP contribution in [0.3, 0.4) is 0 Å². The van der Waals surface area contributed by atoms with Gasteiger partial charge in [0.1, 0.15) is 0 Å². The maximum Gasteiger partial charge on any atom is 0.405 e. The molecule has 1 unspecified atom stereocenters. The summed E-state index contributed by atoms with van der Waals surface area (Å²) in [7, 11) is 1.56. The average molecular weight is 591 g/mol. The molecule has 1 aliphatic carbocycles. The minimum Gasteiger partial charge on any atom is -0.493 e. The van der Waals surface area contributed by atoms with Crippen LogP contribution in [0.25, 0.3) is 11.5 Å². The summed E-state index contributed by atoms with van der Waals surface area (Å²) in [4.78, 5) is 33.7. The fourth-order valence-corrected chi connectivity index (χ4v) is 4.49. The van der Waals surface area contributed by atoms with Crippen LogP contribution >= 0.6 is 23.2 Å². The van der Waals surface area contributed by atoms with Crippen LogP contribution in [-0.4, -0.2) is 35.7 Å². The van der Waals surface area contributed by atoms with Crippen molar-refractivity contribution < 1.29 is 28.2 Å². The van der Waals surface area contributed by atoms with Gasteiger partial charge in [-0.05, 0) is 48.8 Å². The topological polar surface area (TPSA) is 139 Å². The monoisotopic (exact) mass is 590 g/mol. The van der Waals surface area contributed by atoms with Crippen molar-refractivity contribution in [1.82, 2.24) is 15.3 Å². The summed E-state index contributed by atoms with van der Waals surface area (Å²) in [6.45, 7) is 6.46. The molecule has 2 amide bonds. The Kier molecular flexibility index (Phi) is 9.10. The lowest BCUT2D eigenvalue weighted by Gasteiger charge is -2.24. The lowest BCUT2D eigenvalue weighted by atomic mass is 9.88. The van der Waals surface area contributed by atoms with Crippen molar-refractivity contribution in [1.29, 1.82) is 0 Å². The van der Waals surface area contributed by atoms with E-state index < -0.39 is 18.1 Å². The maximum absolute atomic E-state index is 13.5. The summed E-state index contributed by atoms with van der Waals surface area (Å²) >= 11 is 12.4. The van der Waals surface area contributed by atoms with Gasteiger partial charge in [-0.15, -0.1) is 0 Å². The third-order valence-electron chi connectivity index (χ3n) is 6.18. The van der Waals surface area contributed by atoms with E-state index in [-0.39, 0.29) is 29.3 Å². The lowest BCUT2D eigenvalue weighted by molar-refractivity contribution is 0.0635. The first kappa shape index (κ1) is 29.5. The Bertz CT molecular complexity index is 1360. The largest absolute Gasteiger partial charge is 0.493 e. The van der Waals surface area contributed by atoms with Crippen molar-refractivity contribution in [3.63, 3.8) is 0 Å². The molecule has 10 nitrogen and oxygen atoms in total. The van der Waals surface area contributed by atoms with E-state index in [0.717, 1.165) is 12.8 Å². The predicted molar refractivity (Wildman–Crippen MR) is 150 cm³/mol. The van der Waals surface area contributed by atoms with Crippen LogP contribution < -0.4 is 20.5 Å². The van der Waals surface area contributed by atoms with Gasteiger partial charge in [-0.25, -0.2) is 9.78 Å². The van der Waals surface area contributed by atoms with Crippen LogP contribution in [0.2, 0.25) is 10.0 Å². The number of oxazole rings is 1. The van der Waals surface area contributed by atoms with Crippen LogP contribution in [-0.2, 0) is 11.3 Å². The Hall–Kier alpha value is -3.50. The first-order valence-electron chi connectivity index (χ1n) is 12.8. The summed E-state index contributed by atoms with van der Waals surface area (Å²) in [5.74, 6) is 1.22. The molecule has 1 aromatic carbocycles. The minimum atomic E-state index is -1.01. The van der Waals surface area contributed by atoms with E-state index in [9.17, 15) is 9.59 Å². The van der Waals surface area contributed by atoms with E-state index >= 15 is 0 Å². The second-order valence-electron chi connectivity index (χ2n) is 10.8. The number of ether oxygens (including phenoxy) is 3. The highest BCUT2D eigenvalue weighted by atomic mass is 35.5. The zero-order valence-corrected chi connectivity index (χ0v) is 24.3. The molecular formula is C28H32Cl2N4O6. The molecule has 0 bridgehead atoms. The van der Waals surface area contributed by atoms with Crippen molar-refractivity contribution in [3.05, 3.63) is 57.7 Å². The molecule has 1 atom stereocenters. The highest BCUT2D eigenvalue weighted by Gasteiger charge is 2.33. The molecule has 214 valence electrons.